The van der Waals surface area contributed by atoms with Gasteiger partial charge in [-0.3, -0.25) is 4.79 Å². The minimum absolute atomic E-state index is 0.0732. The Morgan fingerprint density at radius 2 is 1.88 bits per heavy atom. The molecule has 0 aromatic carbocycles. The van der Waals surface area contributed by atoms with Crippen LogP contribution in [-0.2, 0) is 4.79 Å². The van der Waals surface area contributed by atoms with Gasteiger partial charge in [-0.15, -0.1) is 0 Å². The lowest BCUT2D eigenvalue weighted by molar-refractivity contribution is -0.122. The van der Waals surface area contributed by atoms with Crippen LogP contribution in [0.4, 0.5) is 0 Å². The van der Waals surface area contributed by atoms with Crippen LogP contribution < -0.4 is 10.6 Å². The minimum Gasteiger partial charge on any atom is -0.395 e. The van der Waals surface area contributed by atoms with Gasteiger partial charge in [-0.05, 0) is 5.92 Å². The fourth-order valence-corrected chi connectivity index (χ4v) is 1.96. The highest BCUT2D eigenvalue weighted by Gasteiger charge is 2.40. The van der Waals surface area contributed by atoms with Crippen LogP contribution in [0.5, 0.6) is 0 Å². The average Bonchev–Trinajstić information content (AvgIpc) is 2.52. The van der Waals surface area contributed by atoms with Gasteiger partial charge in [0, 0.05) is 13.0 Å². The zero-order chi connectivity index (χ0) is 13.0. The lowest BCUT2D eigenvalue weighted by atomic mass is 10.1. The lowest BCUT2D eigenvalue weighted by Crippen LogP contribution is -2.44. The molecule has 0 radical (unpaired) electrons. The van der Waals surface area contributed by atoms with Gasteiger partial charge in [0.1, 0.15) is 0 Å². The van der Waals surface area contributed by atoms with E-state index in [1.165, 1.54) is 0 Å². The summed E-state index contributed by atoms with van der Waals surface area (Å²) in [5.41, 5.74) is 0. The van der Waals surface area contributed by atoms with E-state index in [2.05, 4.69) is 10.6 Å². The largest absolute Gasteiger partial charge is 0.395 e. The van der Waals surface area contributed by atoms with Gasteiger partial charge in [0.25, 0.3) is 0 Å². The molecule has 1 rings (SSSR count). The van der Waals surface area contributed by atoms with Gasteiger partial charge >= 0.3 is 0 Å². The van der Waals surface area contributed by atoms with E-state index in [0.717, 1.165) is 0 Å². The second kappa shape index (κ2) is 6.30. The van der Waals surface area contributed by atoms with Crippen molar-refractivity contribution in [2.75, 3.05) is 13.2 Å². The summed E-state index contributed by atoms with van der Waals surface area (Å²) >= 11 is 0. The molecule has 17 heavy (non-hydrogen) atoms. The van der Waals surface area contributed by atoms with Crippen molar-refractivity contribution in [2.24, 2.45) is 5.92 Å². The molecule has 1 aliphatic rings. The lowest BCUT2D eigenvalue weighted by Gasteiger charge is -2.16. The molecule has 6 heteroatoms. The van der Waals surface area contributed by atoms with Crippen molar-refractivity contribution < 1.29 is 20.1 Å². The molecule has 0 aliphatic carbocycles. The van der Waals surface area contributed by atoms with Crippen molar-refractivity contribution in [3.05, 3.63) is 0 Å². The van der Waals surface area contributed by atoms with E-state index in [0.29, 0.717) is 6.42 Å². The zero-order valence-corrected chi connectivity index (χ0v) is 10.3. The molecular weight excluding hydrogens is 224 g/mol. The van der Waals surface area contributed by atoms with Crippen molar-refractivity contribution in [2.45, 2.75) is 44.6 Å². The summed E-state index contributed by atoms with van der Waals surface area (Å²) < 4.78 is 0. The monoisotopic (exact) mass is 246 g/mol. The van der Waals surface area contributed by atoms with Gasteiger partial charge in [-0.1, -0.05) is 13.8 Å². The molecule has 1 fully saturated rings. The Morgan fingerprint density at radius 1 is 1.29 bits per heavy atom. The number of nitrogens with one attached hydrogen (secondary N) is 2. The maximum Gasteiger partial charge on any atom is 0.220 e. The Morgan fingerprint density at radius 3 is 2.35 bits per heavy atom. The summed E-state index contributed by atoms with van der Waals surface area (Å²) in [6.07, 6.45) is -1.52. The molecule has 1 heterocycles. The number of hydrogen-bond acceptors (Lipinski definition) is 5. The summed E-state index contributed by atoms with van der Waals surface area (Å²) in [6, 6.07) is -0.949. The SMILES string of the molecule is CC(C)CC(=O)NCC1NC(CO)C(O)C1O. The van der Waals surface area contributed by atoms with Crippen molar-refractivity contribution in [3.8, 4) is 0 Å². The van der Waals surface area contributed by atoms with Crippen LogP contribution in [0.25, 0.3) is 0 Å². The van der Waals surface area contributed by atoms with Crippen LogP contribution in [0.3, 0.4) is 0 Å². The van der Waals surface area contributed by atoms with Crippen molar-refractivity contribution in [1.82, 2.24) is 10.6 Å². The van der Waals surface area contributed by atoms with E-state index in [-0.39, 0.29) is 25.0 Å². The highest BCUT2D eigenvalue weighted by atomic mass is 16.3. The van der Waals surface area contributed by atoms with Crippen LogP contribution in [0.2, 0.25) is 0 Å². The van der Waals surface area contributed by atoms with Crippen LogP contribution >= 0.6 is 0 Å². The fourth-order valence-electron chi connectivity index (χ4n) is 1.96. The van der Waals surface area contributed by atoms with Crippen LogP contribution in [0, 0.1) is 5.92 Å². The smallest absolute Gasteiger partial charge is 0.220 e. The normalized spacial score (nSPS) is 33.1. The van der Waals surface area contributed by atoms with Crippen molar-refractivity contribution in [3.63, 3.8) is 0 Å². The van der Waals surface area contributed by atoms with Crippen LogP contribution in [0.15, 0.2) is 0 Å². The molecule has 1 amide bonds. The summed E-state index contributed by atoms with van der Waals surface area (Å²) in [7, 11) is 0. The number of rotatable bonds is 5. The summed E-state index contributed by atoms with van der Waals surface area (Å²) in [4.78, 5) is 11.4. The minimum atomic E-state index is -0.994. The number of hydrogen-bond donors (Lipinski definition) is 5. The number of carbonyl (C=O) groups excluding carboxylic acids is 1. The highest BCUT2D eigenvalue weighted by molar-refractivity contribution is 5.76. The van der Waals surface area contributed by atoms with E-state index in [1.807, 2.05) is 13.8 Å². The summed E-state index contributed by atoms with van der Waals surface area (Å²) in [6.45, 7) is 3.91. The first-order valence-corrected chi connectivity index (χ1v) is 5.95. The second-order valence-corrected chi connectivity index (χ2v) is 4.95. The number of aliphatic hydroxyl groups is 3. The first-order valence-electron chi connectivity index (χ1n) is 5.95. The maximum absolute atomic E-state index is 11.4. The Bertz CT molecular complexity index is 260. The Kier molecular flexibility index (Phi) is 5.32. The Labute approximate surface area is 101 Å². The van der Waals surface area contributed by atoms with Gasteiger partial charge < -0.3 is 26.0 Å². The van der Waals surface area contributed by atoms with Crippen molar-refractivity contribution in [1.29, 1.82) is 0 Å². The molecular formula is C11H22N2O4. The first-order chi connectivity index (χ1) is 7.95. The second-order valence-electron chi connectivity index (χ2n) is 4.95. The zero-order valence-electron chi connectivity index (χ0n) is 10.3. The topological polar surface area (TPSA) is 102 Å². The molecule has 4 unspecified atom stereocenters. The quantitative estimate of drug-likeness (QED) is 0.394. The summed E-state index contributed by atoms with van der Waals surface area (Å²) in [5, 5.41) is 33.8. The average molecular weight is 246 g/mol. The molecule has 100 valence electrons. The third kappa shape index (κ3) is 3.92. The molecule has 5 N–H and O–H groups in total. The van der Waals surface area contributed by atoms with Gasteiger partial charge in [0.05, 0.1) is 30.9 Å². The third-order valence-corrected chi connectivity index (χ3v) is 2.91. The standard InChI is InChI=1S/C11H22N2O4/c1-6(2)3-9(15)12-4-7-10(16)11(17)8(5-14)13-7/h6-8,10-11,13-14,16-17H,3-5H2,1-2H3,(H,12,15). The van der Waals surface area contributed by atoms with Gasteiger partial charge in [0.2, 0.25) is 5.91 Å². The molecule has 0 bridgehead atoms. The van der Waals surface area contributed by atoms with Gasteiger partial charge in [-0.25, -0.2) is 0 Å². The van der Waals surface area contributed by atoms with Gasteiger partial charge in [-0.2, -0.15) is 0 Å². The Balaban J connectivity index is 2.35. The molecule has 1 aliphatic heterocycles. The van der Waals surface area contributed by atoms with E-state index in [9.17, 15) is 15.0 Å². The third-order valence-electron chi connectivity index (χ3n) is 2.91. The molecule has 4 atom stereocenters. The van der Waals surface area contributed by atoms with E-state index in [4.69, 9.17) is 5.11 Å². The van der Waals surface area contributed by atoms with E-state index in [1.54, 1.807) is 0 Å². The molecule has 6 nitrogen and oxygen atoms in total. The van der Waals surface area contributed by atoms with Crippen LogP contribution in [0.1, 0.15) is 20.3 Å². The predicted octanol–water partition coefficient (Wildman–Crippen LogP) is -1.80. The highest BCUT2D eigenvalue weighted by Crippen LogP contribution is 2.13. The number of amides is 1. The molecule has 0 spiro atoms. The maximum atomic E-state index is 11.4. The fraction of sp³-hybridized carbons (Fsp3) is 0.909. The molecule has 0 saturated carbocycles. The Hall–Kier alpha value is -0.690. The molecule has 0 aromatic rings. The first kappa shape index (κ1) is 14.4. The van der Waals surface area contributed by atoms with Crippen molar-refractivity contribution >= 4 is 5.91 Å². The van der Waals surface area contributed by atoms with E-state index < -0.39 is 24.3 Å². The van der Waals surface area contributed by atoms with E-state index >= 15 is 0 Å². The van der Waals surface area contributed by atoms with Gasteiger partial charge in [0.15, 0.2) is 0 Å². The summed E-state index contributed by atoms with van der Waals surface area (Å²) in [5.74, 6) is 0.211. The molecule has 0 aromatic heterocycles. The predicted molar refractivity (Wildman–Crippen MR) is 62.3 cm³/mol. The molecule has 1 saturated heterocycles. The number of aliphatic hydroxyl groups excluding tert-OH is 3. The van der Waals surface area contributed by atoms with Crippen LogP contribution in [-0.4, -0.2) is 58.7 Å². The number of carbonyl (C=O) groups is 1.